The van der Waals surface area contributed by atoms with Gasteiger partial charge in [0.15, 0.2) is 5.82 Å². The number of hydrogen-bond donors (Lipinski definition) is 3. The predicted molar refractivity (Wildman–Crippen MR) is 62.9 cm³/mol. The summed E-state index contributed by atoms with van der Waals surface area (Å²) in [6.45, 7) is 2.38. The first-order chi connectivity index (χ1) is 8.20. The second-order valence-electron chi connectivity index (χ2n) is 3.53. The molecule has 0 saturated carbocycles. The fourth-order valence-corrected chi connectivity index (χ4v) is 1.40. The average Bonchev–Trinajstić information content (AvgIpc) is 2.74. The molecule has 2 heterocycles. The molecule has 8 heteroatoms. The fraction of sp³-hybridized carbons (Fsp3) is 0.333. The molecule has 0 radical (unpaired) electrons. The first-order valence-corrected chi connectivity index (χ1v) is 5.07. The van der Waals surface area contributed by atoms with Gasteiger partial charge in [0.2, 0.25) is 0 Å². The Hall–Kier alpha value is -2.22. The molecule has 2 rings (SSSR count). The van der Waals surface area contributed by atoms with Crippen LogP contribution in [0.2, 0.25) is 0 Å². The normalized spacial score (nSPS) is 10.3. The van der Waals surface area contributed by atoms with E-state index in [4.69, 9.17) is 5.84 Å². The van der Waals surface area contributed by atoms with Crippen LogP contribution < -0.4 is 16.6 Å². The topological polar surface area (TPSA) is 107 Å². The minimum absolute atomic E-state index is 0.503. The lowest BCUT2D eigenvalue weighted by atomic mass is 10.3. The Balaban J connectivity index is 2.09. The van der Waals surface area contributed by atoms with Crippen molar-refractivity contribution in [3.8, 4) is 0 Å². The highest BCUT2D eigenvalue weighted by atomic mass is 15.3. The molecule has 17 heavy (non-hydrogen) atoms. The van der Waals surface area contributed by atoms with E-state index in [1.54, 1.807) is 11.0 Å². The summed E-state index contributed by atoms with van der Waals surface area (Å²) in [5, 5.41) is 7.29. The van der Waals surface area contributed by atoms with Crippen molar-refractivity contribution < 1.29 is 0 Å². The second kappa shape index (κ2) is 4.74. The number of aryl methyl sites for hydroxylation is 1. The number of aromatic nitrogens is 5. The van der Waals surface area contributed by atoms with Gasteiger partial charge in [-0.1, -0.05) is 0 Å². The van der Waals surface area contributed by atoms with Crippen molar-refractivity contribution in [1.82, 2.24) is 24.7 Å². The van der Waals surface area contributed by atoms with Crippen molar-refractivity contribution in [1.29, 1.82) is 0 Å². The van der Waals surface area contributed by atoms with Crippen LogP contribution in [0.4, 0.5) is 11.6 Å². The highest BCUT2D eigenvalue weighted by Gasteiger charge is 2.06. The Morgan fingerprint density at radius 3 is 2.71 bits per heavy atom. The maximum absolute atomic E-state index is 5.33. The van der Waals surface area contributed by atoms with Gasteiger partial charge in [0.05, 0.1) is 6.54 Å². The lowest BCUT2D eigenvalue weighted by Gasteiger charge is -2.09. The van der Waals surface area contributed by atoms with Gasteiger partial charge in [0.25, 0.3) is 0 Å². The Morgan fingerprint density at radius 2 is 2.06 bits per heavy atom. The molecular formula is C9H14N8. The summed E-state index contributed by atoms with van der Waals surface area (Å²) in [6.07, 6.45) is 3.09. The SMILES string of the molecule is Cc1c(NN)ncnc1NCc1ncn(C)n1. The molecular weight excluding hydrogens is 220 g/mol. The summed E-state index contributed by atoms with van der Waals surface area (Å²) in [4.78, 5) is 12.2. The summed E-state index contributed by atoms with van der Waals surface area (Å²) in [7, 11) is 1.82. The molecule has 2 aromatic heterocycles. The van der Waals surface area contributed by atoms with Gasteiger partial charge >= 0.3 is 0 Å². The van der Waals surface area contributed by atoms with Gasteiger partial charge in [-0.3, -0.25) is 4.68 Å². The molecule has 2 aromatic rings. The zero-order chi connectivity index (χ0) is 12.3. The maximum Gasteiger partial charge on any atom is 0.169 e. The Morgan fingerprint density at radius 1 is 1.29 bits per heavy atom. The number of rotatable bonds is 4. The molecule has 0 aromatic carbocycles. The quantitative estimate of drug-likeness (QED) is 0.497. The summed E-state index contributed by atoms with van der Waals surface area (Å²) in [5.41, 5.74) is 3.36. The van der Waals surface area contributed by atoms with Crippen molar-refractivity contribution in [2.75, 3.05) is 10.7 Å². The van der Waals surface area contributed by atoms with E-state index in [2.05, 4.69) is 30.8 Å². The first-order valence-electron chi connectivity index (χ1n) is 5.07. The van der Waals surface area contributed by atoms with Crippen molar-refractivity contribution in [3.05, 3.63) is 24.0 Å². The standard InChI is InChI=1S/C9H14N8/c1-6-8(12-4-13-9(6)15-10)11-3-7-14-5-17(2)16-7/h4-5H,3,10H2,1-2H3,(H2,11,12,13,15). The maximum atomic E-state index is 5.33. The molecule has 0 spiro atoms. The highest BCUT2D eigenvalue weighted by Crippen LogP contribution is 2.17. The van der Waals surface area contributed by atoms with Crippen molar-refractivity contribution in [3.63, 3.8) is 0 Å². The molecule has 0 bridgehead atoms. The van der Waals surface area contributed by atoms with E-state index in [-0.39, 0.29) is 0 Å². The number of hydrazine groups is 1. The van der Waals surface area contributed by atoms with E-state index in [0.29, 0.717) is 24.0 Å². The molecule has 0 unspecified atom stereocenters. The number of nitrogens with two attached hydrogens (primary N) is 1. The molecule has 4 N–H and O–H groups in total. The molecule has 0 fully saturated rings. The van der Waals surface area contributed by atoms with Crippen LogP contribution in [0.3, 0.4) is 0 Å². The summed E-state index contributed by atoms with van der Waals surface area (Å²) in [6, 6.07) is 0. The van der Waals surface area contributed by atoms with E-state index < -0.39 is 0 Å². The summed E-state index contributed by atoms with van der Waals surface area (Å²) in [5.74, 6) is 7.34. The van der Waals surface area contributed by atoms with Crippen LogP contribution >= 0.6 is 0 Å². The third-order valence-corrected chi connectivity index (χ3v) is 2.28. The van der Waals surface area contributed by atoms with Gasteiger partial charge in [0, 0.05) is 12.6 Å². The van der Waals surface area contributed by atoms with E-state index in [1.807, 2.05) is 14.0 Å². The monoisotopic (exact) mass is 234 g/mol. The molecule has 0 amide bonds. The highest BCUT2D eigenvalue weighted by molar-refractivity contribution is 5.55. The van der Waals surface area contributed by atoms with Crippen LogP contribution in [-0.4, -0.2) is 24.7 Å². The Labute approximate surface area is 98.3 Å². The first kappa shape index (κ1) is 11.3. The van der Waals surface area contributed by atoms with Gasteiger partial charge in [-0.05, 0) is 6.92 Å². The largest absolute Gasteiger partial charge is 0.362 e. The zero-order valence-electron chi connectivity index (χ0n) is 9.68. The van der Waals surface area contributed by atoms with Crippen LogP contribution in [0.5, 0.6) is 0 Å². The predicted octanol–water partition coefficient (Wildman–Crippen LogP) is -0.189. The van der Waals surface area contributed by atoms with E-state index in [9.17, 15) is 0 Å². The van der Waals surface area contributed by atoms with Crippen molar-refractivity contribution in [2.45, 2.75) is 13.5 Å². The van der Waals surface area contributed by atoms with Gasteiger partial charge in [-0.15, -0.1) is 0 Å². The van der Waals surface area contributed by atoms with Crippen molar-refractivity contribution in [2.24, 2.45) is 12.9 Å². The molecule has 0 aliphatic carbocycles. The number of hydrogen-bond acceptors (Lipinski definition) is 7. The van der Waals surface area contributed by atoms with Crippen LogP contribution in [0.1, 0.15) is 11.4 Å². The second-order valence-corrected chi connectivity index (χ2v) is 3.53. The zero-order valence-corrected chi connectivity index (χ0v) is 9.68. The fourth-order valence-electron chi connectivity index (χ4n) is 1.40. The van der Waals surface area contributed by atoms with E-state index in [1.165, 1.54) is 6.33 Å². The van der Waals surface area contributed by atoms with Gasteiger partial charge in [-0.25, -0.2) is 20.8 Å². The third-order valence-electron chi connectivity index (χ3n) is 2.28. The average molecular weight is 234 g/mol. The lowest BCUT2D eigenvalue weighted by Crippen LogP contribution is -2.13. The van der Waals surface area contributed by atoms with Gasteiger partial charge < -0.3 is 10.7 Å². The summed E-state index contributed by atoms with van der Waals surface area (Å²) >= 11 is 0. The Kier molecular flexibility index (Phi) is 3.15. The Bertz CT molecular complexity index is 505. The molecule has 0 atom stereocenters. The van der Waals surface area contributed by atoms with E-state index >= 15 is 0 Å². The number of nitrogen functional groups attached to an aromatic ring is 1. The molecule has 0 aliphatic heterocycles. The van der Waals surface area contributed by atoms with E-state index in [0.717, 1.165) is 5.56 Å². The minimum atomic E-state index is 0.503. The number of anilines is 2. The van der Waals surface area contributed by atoms with Gasteiger partial charge in [-0.2, -0.15) is 5.10 Å². The lowest BCUT2D eigenvalue weighted by molar-refractivity contribution is 0.746. The van der Waals surface area contributed by atoms with Crippen LogP contribution in [0.15, 0.2) is 12.7 Å². The van der Waals surface area contributed by atoms with Crippen LogP contribution in [-0.2, 0) is 13.6 Å². The number of nitrogens with zero attached hydrogens (tertiary/aromatic N) is 5. The summed E-state index contributed by atoms with van der Waals surface area (Å²) < 4.78 is 1.65. The molecule has 0 aliphatic rings. The smallest absolute Gasteiger partial charge is 0.169 e. The van der Waals surface area contributed by atoms with Gasteiger partial charge in [0.1, 0.15) is 24.3 Å². The molecule has 90 valence electrons. The van der Waals surface area contributed by atoms with Crippen LogP contribution in [0.25, 0.3) is 0 Å². The molecule has 8 nitrogen and oxygen atoms in total. The minimum Gasteiger partial charge on any atom is -0.362 e. The number of nitrogens with one attached hydrogen (secondary N) is 2. The van der Waals surface area contributed by atoms with Crippen LogP contribution in [0, 0.1) is 6.92 Å². The third kappa shape index (κ3) is 2.48. The molecule has 0 saturated heterocycles. The van der Waals surface area contributed by atoms with Crippen molar-refractivity contribution >= 4 is 11.6 Å².